The number of aromatic nitrogens is 1. The van der Waals surface area contributed by atoms with Crippen molar-refractivity contribution in [2.24, 2.45) is 0 Å². The number of aryl methyl sites for hydroxylation is 3. The van der Waals surface area contributed by atoms with Gasteiger partial charge in [-0.25, -0.2) is 4.98 Å². The Hall–Kier alpha value is -2.24. The molecule has 0 fully saturated rings. The maximum atomic E-state index is 13.3. The van der Waals surface area contributed by atoms with E-state index < -0.39 is 0 Å². The zero-order valence-electron chi connectivity index (χ0n) is 16.7. The molecule has 0 saturated heterocycles. The Kier molecular flexibility index (Phi) is 5.92. The molecule has 5 heteroatoms. The second kappa shape index (κ2) is 8.19. The zero-order chi connectivity index (χ0) is 19.6. The van der Waals surface area contributed by atoms with Crippen molar-refractivity contribution >= 4 is 32.6 Å². The molecule has 2 aromatic carbocycles. The number of carbonyl (C=O) groups excluding carboxylic acids is 1. The molecule has 0 atom stereocenters. The van der Waals surface area contributed by atoms with Gasteiger partial charge in [-0.2, -0.15) is 0 Å². The number of carbonyl (C=O) groups is 1. The Morgan fingerprint density at radius 2 is 1.78 bits per heavy atom. The fraction of sp³-hybridized carbons (Fsp3) is 0.364. The van der Waals surface area contributed by atoms with Gasteiger partial charge in [-0.3, -0.25) is 9.69 Å². The lowest BCUT2D eigenvalue weighted by Crippen LogP contribution is -2.33. The van der Waals surface area contributed by atoms with Crippen molar-refractivity contribution < 1.29 is 4.79 Å². The minimum Gasteiger partial charge on any atom is -0.309 e. The topological polar surface area (TPSA) is 36.4 Å². The van der Waals surface area contributed by atoms with Crippen LogP contribution in [0.3, 0.4) is 0 Å². The van der Waals surface area contributed by atoms with Gasteiger partial charge >= 0.3 is 0 Å². The van der Waals surface area contributed by atoms with Gasteiger partial charge in [-0.1, -0.05) is 23.5 Å². The summed E-state index contributed by atoms with van der Waals surface area (Å²) in [4.78, 5) is 22.0. The molecule has 1 heterocycles. The molecule has 0 bridgehead atoms. The Bertz CT molecular complexity index is 961. The summed E-state index contributed by atoms with van der Waals surface area (Å²) in [7, 11) is 4.10. The van der Waals surface area contributed by atoms with Crippen molar-refractivity contribution in [2.75, 3.05) is 32.1 Å². The van der Waals surface area contributed by atoms with E-state index in [1.165, 1.54) is 11.1 Å². The monoisotopic (exact) mass is 381 g/mol. The molecule has 0 aliphatic rings. The molecule has 0 unspecified atom stereocenters. The molecule has 0 saturated carbocycles. The minimum absolute atomic E-state index is 0.0210. The predicted octanol–water partition coefficient (Wildman–Crippen LogP) is 4.82. The number of hydrogen-bond donors (Lipinski definition) is 0. The first kappa shape index (κ1) is 19.5. The van der Waals surface area contributed by atoms with Crippen molar-refractivity contribution in [3.8, 4) is 0 Å². The molecule has 3 rings (SSSR count). The van der Waals surface area contributed by atoms with E-state index in [-0.39, 0.29) is 5.91 Å². The molecule has 1 aromatic heterocycles. The molecular weight excluding hydrogens is 354 g/mol. The highest BCUT2D eigenvalue weighted by atomic mass is 32.1. The van der Waals surface area contributed by atoms with E-state index in [1.807, 2.05) is 36.1 Å². The van der Waals surface area contributed by atoms with Crippen LogP contribution >= 0.6 is 11.3 Å². The fourth-order valence-corrected chi connectivity index (χ4v) is 4.08. The number of nitrogens with zero attached hydrogens (tertiary/aromatic N) is 3. The highest BCUT2D eigenvalue weighted by Crippen LogP contribution is 2.30. The number of hydrogen-bond acceptors (Lipinski definition) is 4. The first-order valence-corrected chi connectivity index (χ1v) is 10.1. The molecule has 0 radical (unpaired) electrons. The third-order valence-electron chi connectivity index (χ3n) is 4.75. The SMILES string of the molecule is Cc1ccc2nc(N(CCCN(C)C)C(=O)c3ccc(C)c(C)c3)sc2c1. The van der Waals surface area contributed by atoms with E-state index in [4.69, 9.17) is 4.98 Å². The van der Waals surface area contributed by atoms with Crippen LogP contribution in [0.5, 0.6) is 0 Å². The average Bonchev–Trinajstić information content (AvgIpc) is 3.03. The van der Waals surface area contributed by atoms with E-state index >= 15 is 0 Å². The van der Waals surface area contributed by atoms with E-state index in [0.717, 1.165) is 39.4 Å². The highest BCUT2D eigenvalue weighted by molar-refractivity contribution is 7.22. The van der Waals surface area contributed by atoms with Gasteiger partial charge in [-0.15, -0.1) is 0 Å². The maximum Gasteiger partial charge on any atom is 0.260 e. The van der Waals surface area contributed by atoms with Gasteiger partial charge in [0.25, 0.3) is 5.91 Å². The first-order valence-electron chi connectivity index (χ1n) is 9.26. The summed E-state index contributed by atoms with van der Waals surface area (Å²) < 4.78 is 1.12. The molecule has 27 heavy (non-hydrogen) atoms. The first-order chi connectivity index (χ1) is 12.8. The van der Waals surface area contributed by atoms with Crippen molar-refractivity contribution in [3.05, 3.63) is 58.7 Å². The number of fused-ring (bicyclic) bond motifs is 1. The third-order valence-corrected chi connectivity index (χ3v) is 5.79. The summed E-state index contributed by atoms with van der Waals surface area (Å²) in [5.74, 6) is 0.0210. The third kappa shape index (κ3) is 4.54. The number of benzene rings is 2. The van der Waals surface area contributed by atoms with Crippen molar-refractivity contribution in [1.29, 1.82) is 0 Å². The van der Waals surface area contributed by atoms with Gasteiger partial charge in [-0.05, 0) is 88.8 Å². The van der Waals surface area contributed by atoms with E-state index in [1.54, 1.807) is 11.3 Å². The molecular formula is C22H27N3OS. The second-order valence-electron chi connectivity index (χ2n) is 7.38. The van der Waals surface area contributed by atoms with Crippen LogP contribution in [0.4, 0.5) is 5.13 Å². The van der Waals surface area contributed by atoms with Gasteiger partial charge < -0.3 is 4.90 Å². The smallest absolute Gasteiger partial charge is 0.260 e. The van der Waals surface area contributed by atoms with Gasteiger partial charge in [0, 0.05) is 12.1 Å². The number of amides is 1. The van der Waals surface area contributed by atoms with Crippen LogP contribution in [0, 0.1) is 20.8 Å². The summed E-state index contributed by atoms with van der Waals surface area (Å²) in [5, 5.41) is 0.776. The Balaban J connectivity index is 1.95. The summed E-state index contributed by atoms with van der Waals surface area (Å²) in [6.45, 7) is 7.77. The molecule has 0 N–H and O–H groups in total. The van der Waals surface area contributed by atoms with E-state index in [2.05, 4.69) is 45.0 Å². The summed E-state index contributed by atoms with van der Waals surface area (Å²) >= 11 is 1.59. The normalized spacial score (nSPS) is 11.3. The number of anilines is 1. The zero-order valence-corrected chi connectivity index (χ0v) is 17.6. The van der Waals surface area contributed by atoms with E-state index in [9.17, 15) is 4.79 Å². The summed E-state index contributed by atoms with van der Waals surface area (Å²) in [6.07, 6.45) is 0.901. The van der Waals surface area contributed by atoms with Crippen LogP contribution in [0.1, 0.15) is 33.5 Å². The van der Waals surface area contributed by atoms with Crippen LogP contribution in [-0.4, -0.2) is 43.0 Å². The summed E-state index contributed by atoms with van der Waals surface area (Å²) in [5.41, 5.74) is 5.21. The molecule has 0 spiro atoms. The van der Waals surface area contributed by atoms with Crippen LogP contribution in [0.2, 0.25) is 0 Å². The van der Waals surface area contributed by atoms with Crippen LogP contribution in [-0.2, 0) is 0 Å². The Morgan fingerprint density at radius 3 is 2.48 bits per heavy atom. The van der Waals surface area contributed by atoms with Gasteiger partial charge in [0.15, 0.2) is 5.13 Å². The minimum atomic E-state index is 0.0210. The molecule has 3 aromatic rings. The molecule has 0 aliphatic heterocycles. The molecule has 1 amide bonds. The lowest BCUT2D eigenvalue weighted by Gasteiger charge is -2.21. The molecule has 0 aliphatic carbocycles. The van der Waals surface area contributed by atoms with E-state index in [0.29, 0.717) is 6.54 Å². The highest BCUT2D eigenvalue weighted by Gasteiger charge is 2.21. The number of rotatable bonds is 6. The largest absolute Gasteiger partial charge is 0.309 e. The lowest BCUT2D eigenvalue weighted by atomic mass is 10.1. The Morgan fingerprint density at radius 1 is 1.00 bits per heavy atom. The quantitative estimate of drug-likeness (QED) is 0.614. The average molecular weight is 382 g/mol. The van der Waals surface area contributed by atoms with Crippen LogP contribution in [0.15, 0.2) is 36.4 Å². The standard InChI is InChI=1S/C22H27N3OS/c1-15-7-10-19-20(13-15)27-22(23-19)25(12-6-11-24(4)5)21(26)18-9-8-16(2)17(3)14-18/h7-10,13-14H,6,11-12H2,1-5H3. The summed E-state index contributed by atoms with van der Waals surface area (Å²) in [6, 6.07) is 12.1. The second-order valence-corrected chi connectivity index (χ2v) is 8.39. The lowest BCUT2D eigenvalue weighted by molar-refractivity contribution is 0.0986. The van der Waals surface area contributed by atoms with Crippen LogP contribution in [0.25, 0.3) is 10.2 Å². The molecule has 142 valence electrons. The van der Waals surface area contributed by atoms with Gasteiger partial charge in [0.2, 0.25) is 0 Å². The van der Waals surface area contributed by atoms with Crippen molar-refractivity contribution in [1.82, 2.24) is 9.88 Å². The van der Waals surface area contributed by atoms with Crippen molar-refractivity contribution in [3.63, 3.8) is 0 Å². The van der Waals surface area contributed by atoms with Gasteiger partial charge in [0.1, 0.15) is 0 Å². The fourth-order valence-electron chi connectivity index (χ4n) is 2.99. The number of thiazole rings is 1. The van der Waals surface area contributed by atoms with Gasteiger partial charge in [0.05, 0.1) is 10.2 Å². The molecule has 4 nitrogen and oxygen atoms in total. The Labute approximate surface area is 165 Å². The maximum absolute atomic E-state index is 13.3. The predicted molar refractivity (Wildman–Crippen MR) is 115 cm³/mol. The van der Waals surface area contributed by atoms with Crippen LogP contribution < -0.4 is 4.90 Å². The van der Waals surface area contributed by atoms with Crippen molar-refractivity contribution in [2.45, 2.75) is 27.2 Å².